The normalized spacial score (nSPS) is 15.5. The van der Waals surface area contributed by atoms with Crippen molar-refractivity contribution in [1.29, 1.82) is 0 Å². The highest BCUT2D eigenvalue weighted by Gasteiger charge is 2.17. The Kier molecular flexibility index (Phi) is 4.68. The summed E-state index contributed by atoms with van der Waals surface area (Å²) in [5.41, 5.74) is 8.17. The second-order valence-corrected chi connectivity index (χ2v) is 6.01. The Morgan fingerprint density at radius 2 is 1.82 bits per heavy atom. The van der Waals surface area contributed by atoms with Gasteiger partial charge in [-0.05, 0) is 24.8 Å². The third-order valence-electron chi connectivity index (χ3n) is 2.95. The zero-order chi connectivity index (χ0) is 13.1. The highest BCUT2D eigenvalue weighted by molar-refractivity contribution is 7.85. The molecule has 3 N–H and O–H groups in total. The molecule has 1 aromatic carbocycles. The van der Waals surface area contributed by atoms with Crippen LogP contribution in [0.3, 0.4) is 0 Å². The van der Waals surface area contributed by atoms with Crippen LogP contribution in [0.5, 0.6) is 0 Å². The van der Waals surface area contributed by atoms with Gasteiger partial charge in [-0.25, -0.2) is 0 Å². The molecule has 2 atom stereocenters. The predicted molar refractivity (Wildman–Crippen MR) is 68.6 cm³/mol. The lowest BCUT2D eigenvalue weighted by atomic mass is 9.92. The van der Waals surface area contributed by atoms with Crippen molar-refractivity contribution in [2.24, 2.45) is 5.73 Å². The molecule has 0 spiro atoms. The van der Waals surface area contributed by atoms with Crippen LogP contribution in [0.4, 0.5) is 0 Å². The molecule has 2 unspecified atom stereocenters. The molecule has 96 valence electrons. The SMILES string of the molecule is Cc1ccc(C(C)C(N)CCS(=O)(=O)O)cc1. The van der Waals surface area contributed by atoms with Crippen molar-refractivity contribution in [2.75, 3.05) is 5.75 Å². The summed E-state index contributed by atoms with van der Waals surface area (Å²) >= 11 is 0. The first-order valence-electron chi connectivity index (χ1n) is 5.57. The fourth-order valence-corrected chi connectivity index (χ4v) is 2.22. The van der Waals surface area contributed by atoms with Crippen molar-refractivity contribution in [3.8, 4) is 0 Å². The molecule has 0 radical (unpaired) electrons. The maximum atomic E-state index is 10.6. The largest absolute Gasteiger partial charge is 0.327 e. The van der Waals surface area contributed by atoms with Gasteiger partial charge in [0.05, 0.1) is 5.75 Å². The molecule has 0 aliphatic carbocycles. The van der Waals surface area contributed by atoms with Gasteiger partial charge in [0.15, 0.2) is 0 Å². The van der Waals surface area contributed by atoms with Gasteiger partial charge in [0, 0.05) is 6.04 Å². The third-order valence-corrected chi connectivity index (χ3v) is 3.71. The summed E-state index contributed by atoms with van der Waals surface area (Å²) in [4.78, 5) is 0. The molecule has 0 amide bonds. The number of hydrogen-bond acceptors (Lipinski definition) is 3. The average molecular weight is 257 g/mol. The van der Waals surface area contributed by atoms with Crippen molar-refractivity contribution in [3.63, 3.8) is 0 Å². The van der Waals surface area contributed by atoms with Crippen LogP contribution in [0, 0.1) is 6.92 Å². The topological polar surface area (TPSA) is 80.4 Å². The quantitative estimate of drug-likeness (QED) is 0.787. The van der Waals surface area contributed by atoms with Crippen molar-refractivity contribution in [3.05, 3.63) is 35.4 Å². The van der Waals surface area contributed by atoms with Crippen LogP contribution < -0.4 is 5.73 Å². The second-order valence-electron chi connectivity index (χ2n) is 4.44. The molecule has 5 heteroatoms. The summed E-state index contributed by atoms with van der Waals surface area (Å²) in [6.07, 6.45) is 0.258. The fourth-order valence-electron chi connectivity index (χ4n) is 1.65. The molecule has 0 saturated heterocycles. The van der Waals surface area contributed by atoms with Gasteiger partial charge in [0.2, 0.25) is 0 Å². The molecule has 4 nitrogen and oxygen atoms in total. The minimum atomic E-state index is -3.92. The summed E-state index contributed by atoms with van der Waals surface area (Å²) in [5, 5.41) is 0. The van der Waals surface area contributed by atoms with Gasteiger partial charge in [0.1, 0.15) is 0 Å². The molecule has 1 aromatic rings. The van der Waals surface area contributed by atoms with E-state index in [-0.39, 0.29) is 24.1 Å². The standard InChI is InChI=1S/C12H19NO3S/c1-9-3-5-11(6-4-9)10(2)12(13)7-8-17(14,15)16/h3-6,10,12H,7-8,13H2,1-2H3,(H,14,15,16). The van der Waals surface area contributed by atoms with Crippen molar-refractivity contribution < 1.29 is 13.0 Å². The van der Waals surface area contributed by atoms with E-state index in [4.69, 9.17) is 10.3 Å². The summed E-state index contributed by atoms with van der Waals surface area (Å²) in [6.45, 7) is 3.96. The van der Waals surface area contributed by atoms with Gasteiger partial charge < -0.3 is 5.73 Å². The van der Waals surface area contributed by atoms with E-state index >= 15 is 0 Å². The number of aryl methyl sites for hydroxylation is 1. The number of hydrogen-bond donors (Lipinski definition) is 2. The average Bonchev–Trinajstić information content (AvgIpc) is 2.25. The van der Waals surface area contributed by atoms with E-state index < -0.39 is 10.1 Å². The molecule has 0 heterocycles. The van der Waals surface area contributed by atoms with Crippen LogP contribution >= 0.6 is 0 Å². The van der Waals surface area contributed by atoms with Gasteiger partial charge >= 0.3 is 0 Å². The van der Waals surface area contributed by atoms with E-state index in [1.807, 2.05) is 38.1 Å². The Morgan fingerprint density at radius 1 is 1.29 bits per heavy atom. The van der Waals surface area contributed by atoms with Gasteiger partial charge in [-0.3, -0.25) is 4.55 Å². The van der Waals surface area contributed by atoms with Crippen LogP contribution in [-0.2, 0) is 10.1 Å². The Bertz CT molecular complexity index is 453. The van der Waals surface area contributed by atoms with E-state index in [1.54, 1.807) is 0 Å². The van der Waals surface area contributed by atoms with E-state index in [9.17, 15) is 8.42 Å². The summed E-state index contributed by atoms with van der Waals surface area (Å²) < 4.78 is 30.0. The Balaban J connectivity index is 2.63. The predicted octanol–water partition coefficient (Wildman–Crippen LogP) is 1.70. The summed E-state index contributed by atoms with van der Waals surface area (Å²) in [5.74, 6) is -0.220. The van der Waals surface area contributed by atoms with Crippen LogP contribution in [0.1, 0.15) is 30.4 Å². The molecule has 17 heavy (non-hydrogen) atoms. The van der Waals surface area contributed by atoms with E-state index in [2.05, 4.69) is 0 Å². The highest BCUT2D eigenvalue weighted by Crippen LogP contribution is 2.20. The lowest BCUT2D eigenvalue weighted by Gasteiger charge is -2.19. The van der Waals surface area contributed by atoms with E-state index in [1.165, 1.54) is 5.56 Å². The minimum Gasteiger partial charge on any atom is -0.327 e. The summed E-state index contributed by atoms with van der Waals surface area (Å²) in [6, 6.07) is 7.71. The Labute approximate surface area is 103 Å². The number of rotatable bonds is 5. The van der Waals surface area contributed by atoms with E-state index in [0.717, 1.165) is 5.56 Å². The van der Waals surface area contributed by atoms with Crippen molar-refractivity contribution in [1.82, 2.24) is 0 Å². The highest BCUT2D eigenvalue weighted by atomic mass is 32.2. The van der Waals surface area contributed by atoms with Crippen LogP contribution in [0.2, 0.25) is 0 Å². The Hall–Kier alpha value is -0.910. The van der Waals surface area contributed by atoms with Crippen LogP contribution in [0.15, 0.2) is 24.3 Å². The van der Waals surface area contributed by atoms with Gasteiger partial charge in [-0.15, -0.1) is 0 Å². The lowest BCUT2D eigenvalue weighted by molar-refractivity contribution is 0.470. The Morgan fingerprint density at radius 3 is 2.29 bits per heavy atom. The summed E-state index contributed by atoms with van der Waals surface area (Å²) in [7, 11) is -3.92. The first kappa shape index (κ1) is 14.2. The number of benzene rings is 1. The van der Waals surface area contributed by atoms with Gasteiger partial charge in [-0.1, -0.05) is 36.8 Å². The van der Waals surface area contributed by atoms with Crippen molar-refractivity contribution in [2.45, 2.75) is 32.2 Å². The maximum absolute atomic E-state index is 10.6. The fraction of sp³-hybridized carbons (Fsp3) is 0.500. The molecule has 0 aromatic heterocycles. The zero-order valence-corrected chi connectivity index (χ0v) is 10.9. The molecule has 0 fully saturated rings. The smallest absolute Gasteiger partial charge is 0.264 e. The first-order chi connectivity index (χ1) is 7.79. The lowest BCUT2D eigenvalue weighted by Crippen LogP contribution is -2.29. The molecule has 1 rings (SSSR count). The maximum Gasteiger partial charge on any atom is 0.264 e. The van der Waals surface area contributed by atoms with Crippen molar-refractivity contribution >= 4 is 10.1 Å². The molecule has 0 aliphatic heterocycles. The van der Waals surface area contributed by atoms with Gasteiger partial charge in [-0.2, -0.15) is 8.42 Å². The molecule has 0 aliphatic rings. The first-order valence-corrected chi connectivity index (χ1v) is 7.18. The third kappa shape index (κ3) is 4.85. The molecular weight excluding hydrogens is 238 g/mol. The van der Waals surface area contributed by atoms with Crippen LogP contribution in [0.25, 0.3) is 0 Å². The van der Waals surface area contributed by atoms with E-state index in [0.29, 0.717) is 0 Å². The molecular formula is C12H19NO3S. The molecule has 0 saturated carbocycles. The monoisotopic (exact) mass is 257 g/mol. The zero-order valence-electron chi connectivity index (χ0n) is 10.1. The molecule has 0 bridgehead atoms. The van der Waals surface area contributed by atoms with Crippen LogP contribution in [-0.4, -0.2) is 24.8 Å². The minimum absolute atomic E-state index is 0.0670. The second kappa shape index (κ2) is 5.62. The number of nitrogens with two attached hydrogens (primary N) is 1. The van der Waals surface area contributed by atoms with Gasteiger partial charge in [0.25, 0.3) is 10.1 Å².